The fourth-order valence-electron chi connectivity index (χ4n) is 2.81. The Bertz CT molecular complexity index is 533. The molecule has 1 saturated carbocycles. The molecule has 1 aliphatic carbocycles. The van der Waals surface area contributed by atoms with Gasteiger partial charge in [-0.15, -0.1) is 0 Å². The molecule has 0 aliphatic heterocycles. The number of aryl methyl sites for hydroxylation is 2. The van der Waals surface area contributed by atoms with Crippen LogP contribution in [-0.4, -0.2) is 10.9 Å². The Morgan fingerprint density at radius 3 is 2.40 bits per heavy atom. The number of hydrogen-bond donors (Lipinski definition) is 2. The van der Waals surface area contributed by atoms with Crippen molar-refractivity contribution in [1.82, 2.24) is 0 Å². The second kappa shape index (κ2) is 5.92. The van der Waals surface area contributed by atoms with Gasteiger partial charge in [0, 0.05) is 5.69 Å². The monoisotopic (exact) mass is 290 g/mol. The van der Waals surface area contributed by atoms with Gasteiger partial charge in [-0.3, -0.25) is 4.79 Å². The van der Waals surface area contributed by atoms with Crippen molar-refractivity contribution < 1.29 is 4.79 Å². The number of carbonyl (C=O) groups excluding carboxylic acids is 1. The van der Waals surface area contributed by atoms with Crippen molar-refractivity contribution in [3.05, 3.63) is 29.3 Å². The number of nitrogens with two attached hydrogens (primary N) is 1. The van der Waals surface area contributed by atoms with Crippen LogP contribution in [0.4, 0.5) is 5.69 Å². The van der Waals surface area contributed by atoms with E-state index in [0.717, 1.165) is 43.4 Å². The molecule has 0 spiro atoms. The van der Waals surface area contributed by atoms with Crippen molar-refractivity contribution in [2.45, 2.75) is 46.0 Å². The Kier molecular flexibility index (Phi) is 4.43. The summed E-state index contributed by atoms with van der Waals surface area (Å²) in [5.74, 6) is -0.0482. The predicted octanol–water partition coefficient (Wildman–Crippen LogP) is 3.48. The van der Waals surface area contributed by atoms with Crippen LogP contribution < -0.4 is 11.1 Å². The van der Waals surface area contributed by atoms with Crippen LogP contribution in [0.5, 0.6) is 0 Å². The van der Waals surface area contributed by atoms with Crippen LogP contribution in [0.3, 0.4) is 0 Å². The lowest BCUT2D eigenvalue weighted by molar-refractivity contribution is -0.123. The van der Waals surface area contributed by atoms with Gasteiger partial charge in [0.15, 0.2) is 0 Å². The minimum absolute atomic E-state index is 0.0482. The quantitative estimate of drug-likeness (QED) is 0.838. The van der Waals surface area contributed by atoms with Crippen LogP contribution in [0.15, 0.2) is 18.2 Å². The lowest BCUT2D eigenvalue weighted by Gasteiger charge is -2.34. The van der Waals surface area contributed by atoms with Gasteiger partial charge in [0.25, 0.3) is 0 Å². The van der Waals surface area contributed by atoms with E-state index in [1.54, 1.807) is 0 Å². The Morgan fingerprint density at radius 1 is 1.20 bits per heavy atom. The third-order valence-electron chi connectivity index (χ3n) is 4.38. The molecule has 4 heteroatoms. The lowest BCUT2D eigenvalue weighted by Crippen LogP contribution is -2.47. The molecule has 1 aliphatic rings. The molecule has 20 heavy (non-hydrogen) atoms. The van der Waals surface area contributed by atoms with Gasteiger partial charge in [-0.1, -0.05) is 37.5 Å². The van der Waals surface area contributed by atoms with Crippen LogP contribution in [0.25, 0.3) is 0 Å². The normalized spacial score (nSPS) is 17.5. The number of nitrogens with one attached hydrogen (secondary N) is 1. The van der Waals surface area contributed by atoms with E-state index in [1.807, 2.05) is 25.1 Å². The molecule has 3 nitrogen and oxygen atoms in total. The molecule has 1 aromatic rings. The van der Waals surface area contributed by atoms with Gasteiger partial charge in [-0.2, -0.15) is 0 Å². The zero-order valence-corrected chi connectivity index (χ0v) is 13.0. The van der Waals surface area contributed by atoms with E-state index in [0.29, 0.717) is 4.99 Å². The summed E-state index contributed by atoms with van der Waals surface area (Å²) >= 11 is 5.18. The highest BCUT2D eigenvalue weighted by atomic mass is 32.1. The second-order valence-corrected chi connectivity index (χ2v) is 6.20. The number of benzene rings is 1. The van der Waals surface area contributed by atoms with Crippen molar-refractivity contribution >= 4 is 28.8 Å². The van der Waals surface area contributed by atoms with Gasteiger partial charge in [0.2, 0.25) is 5.91 Å². The molecule has 1 aromatic carbocycles. The first-order chi connectivity index (χ1) is 9.45. The molecule has 0 radical (unpaired) electrons. The van der Waals surface area contributed by atoms with E-state index in [9.17, 15) is 4.79 Å². The molecule has 0 unspecified atom stereocenters. The number of thiocarbonyl (C=S) groups is 1. The van der Waals surface area contributed by atoms with Crippen molar-refractivity contribution in [1.29, 1.82) is 0 Å². The molecule has 0 saturated heterocycles. The maximum atomic E-state index is 12.6. The predicted molar refractivity (Wildman–Crippen MR) is 86.8 cm³/mol. The van der Waals surface area contributed by atoms with E-state index >= 15 is 0 Å². The average Bonchev–Trinajstić information content (AvgIpc) is 2.43. The highest BCUT2D eigenvalue weighted by Crippen LogP contribution is 2.37. The molecular formula is C16H22N2OS. The molecule has 1 amide bonds. The molecule has 3 N–H and O–H groups in total. The van der Waals surface area contributed by atoms with Gasteiger partial charge in [0.05, 0.1) is 10.4 Å². The van der Waals surface area contributed by atoms with E-state index in [4.69, 9.17) is 18.0 Å². The zero-order valence-electron chi connectivity index (χ0n) is 12.2. The molecule has 108 valence electrons. The molecule has 0 aromatic heterocycles. The molecule has 0 heterocycles. The summed E-state index contributed by atoms with van der Waals surface area (Å²) < 4.78 is 0. The van der Waals surface area contributed by atoms with Gasteiger partial charge in [-0.05, 0) is 49.9 Å². The number of hydrogen-bond acceptors (Lipinski definition) is 2. The summed E-state index contributed by atoms with van der Waals surface area (Å²) in [6.07, 6.45) is 4.70. The summed E-state index contributed by atoms with van der Waals surface area (Å²) in [5, 5.41) is 3.00. The minimum atomic E-state index is -0.660. The first kappa shape index (κ1) is 15.0. The number of carbonyl (C=O) groups is 1. The number of anilines is 1. The van der Waals surface area contributed by atoms with Crippen molar-refractivity contribution in [3.8, 4) is 0 Å². The highest BCUT2D eigenvalue weighted by molar-refractivity contribution is 7.80. The summed E-state index contributed by atoms with van der Waals surface area (Å²) in [6, 6.07) is 5.93. The van der Waals surface area contributed by atoms with Gasteiger partial charge in [-0.25, -0.2) is 0 Å². The largest absolute Gasteiger partial charge is 0.392 e. The van der Waals surface area contributed by atoms with Crippen molar-refractivity contribution in [3.63, 3.8) is 0 Å². The van der Waals surface area contributed by atoms with Crippen LogP contribution >= 0.6 is 12.2 Å². The van der Waals surface area contributed by atoms with Gasteiger partial charge < -0.3 is 11.1 Å². The Morgan fingerprint density at radius 2 is 1.85 bits per heavy atom. The maximum absolute atomic E-state index is 12.6. The van der Waals surface area contributed by atoms with Gasteiger partial charge in [0.1, 0.15) is 0 Å². The smallest absolute Gasteiger partial charge is 0.237 e. The fourth-order valence-corrected chi connectivity index (χ4v) is 3.11. The van der Waals surface area contributed by atoms with Crippen LogP contribution in [0, 0.1) is 19.3 Å². The van der Waals surface area contributed by atoms with E-state index in [-0.39, 0.29) is 5.91 Å². The van der Waals surface area contributed by atoms with Gasteiger partial charge >= 0.3 is 0 Å². The standard InChI is InChI=1S/C16H22N2OS/c1-11-6-7-13(10-12(11)2)18-15(19)16(14(17)20)8-4-3-5-9-16/h6-7,10H,3-5,8-9H2,1-2H3,(H2,17,20)(H,18,19). The fraction of sp³-hybridized carbons (Fsp3) is 0.500. The molecule has 0 atom stereocenters. The third kappa shape index (κ3) is 2.85. The SMILES string of the molecule is Cc1ccc(NC(=O)C2(C(N)=S)CCCCC2)cc1C. The van der Waals surface area contributed by atoms with E-state index in [2.05, 4.69) is 12.2 Å². The molecule has 2 rings (SSSR count). The van der Waals surface area contributed by atoms with Crippen LogP contribution in [-0.2, 0) is 4.79 Å². The summed E-state index contributed by atoms with van der Waals surface area (Å²) in [6.45, 7) is 4.09. The van der Waals surface area contributed by atoms with E-state index < -0.39 is 5.41 Å². The Hall–Kier alpha value is -1.42. The van der Waals surface area contributed by atoms with E-state index in [1.165, 1.54) is 5.56 Å². The summed E-state index contributed by atoms with van der Waals surface area (Å²) in [5.41, 5.74) is 8.42. The molecule has 0 bridgehead atoms. The van der Waals surface area contributed by atoms with Crippen molar-refractivity contribution in [2.24, 2.45) is 11.1 Å². The highest BCUT2D eigenvalue weighted by Gasteiger charge is 2.42. The topological polar surface area (TPSA) is 55.1 Å². The molecule has 1 fully saturated rings. The maximum Gasteiger partial charge on any atom is 0.237 e. The second-order valence-electron chi connectivity index (χ2n) is 5.76. The Labute approximate surface area is 125 Å². The molecular weight excluding hydrogens is 268 g/mol. The zero-order chi connectivity index (χ0) is 14.8. The first-order valence-corrected chi connectivity index (χ1v) is 7.55. The third-order valence-corrected chi connectivity index (χ3v) is 4.77. The summed E-state index contributed by atoms with van der Waals surface area (Å²) in [4.78, 5) is 13.0. The number of amides is 1. The van der Waals surface area contributed by atoms with Crippen molar-refractivity contribution in [2.75, 3.05) is 5.32 Å². The lowest BCUT2D eigenvalue weighted by atomic mass is 9.73. The average molecular weight is 290 g/mol. The summed E-state index contributed by atoms with van der Waals surface area (Å²) in [7, 11) is 0. The Balaban J connectivity index is 2.20. The number of rotatable bonds is 3. The first-order valence-electron chi connectivity index (χ1n) is 7.14. The van der Waals surface area contributed by atoms with Crippen LogP contribution in [0.2, 0.25) is 0 Å². The van der Waals surface area contributed by atoms with Crippen LogP contribution in [0.1, 0.15) is 43.2 Å². The minimum Gasteiger partial charge on any atom is -0.392 e.